The molecule has 3 rings (SSSR count). The minimum absolute atomic E-state index is 0.0379. The molecule has 0 radical (unpaired) electrons. The molecule has 0 aliphatic rings. The summed E-state index contributed by atoms with van der Waals surface area (Å²) in [5, 5.41) is 12.2. The predicted molar refractivity (Wildman–Crippen MR) is 82.1 cm³/mol. The van der Waals surface area contributed by atoms with Crippen LogP contribution in [-0.2, 0) is 6.61 Å². The number of amides is 1. The molecule has 0 aliphatic heterocycles. The van der Waals surface area contributed by atoms with Crippen molar-refractivity contribution in [1.82, 2.24) is 0 Å². The summed E-state index contributed by atoms with van der Waals surface area (Å²) in [5.41, 5.74) is 1.41. The van der Waals surface area contributed by atoms with Gasteiger partial charge in [-0.2, -0.15) is 0 Å². The lowest BCUT2D eigenvalue weighted by atomic mass is 10.2. The molecule has 3 aromatic rings. The molecule has 0 fully saturated rings. The number of halogens is 1. The van der Waals surface area contributed by atoms with E-state index in [1.165, 1.54) is 17.4 Å². The molecule has 0 spiro atoms. The van der Waals surface area contributed by atoms with Gasteiger partial charge < -0.3 is 10.4 Å². The highest BCUT2D eigenvalue weighted by Crippen LogP contribution is 2.28. The van der Waals surface area contributed by atoms with Crippen molar-refractivity contribution in [3.63, 3.8) is 0 Å². The van der Waals surface area contributed by atoms with Gasteiger partial charge in [-0.1, -0.05) is 18.2 Å². The monoisotopic (exact) mass is 301 g/mol. The first-order valence-electron chi connectivity index (χ1n) is 6.36. The Hall–Kier alpha value is -2.24. The van der Waals surface area contributed by atoms with Gasteiger partial charge >= 0.3 is 0 Å². The fourth-order valence-corrected chi connectivity index (χ4v) is 2.99. The molecule has 0 unspecified atom stereocenters. The van der Waals surface area contributed by atoms with Gasteiger partial charge in [0.25, 0.3) is 5.91 Å². The quantitative estimate of drug-likeness (QED) is 0.773. The van der Waals surface area contributed by atoms with E-state index in [0.29, 0.717) is 16.0 Å². The molecule has 2 aromatic carbocycles. The van der Waals surface area contributed by atoms with Crippen molar-refractivity contribution in [1.29, 1.82) is 0 Å². The molecule has 0 bridgehead atoms. The number of aliphatic hydroxyl groups excluding tert-OH is 1. The van der Waals surface area contributed by atoms with Crippen molar-refractivity contribution in [3.05, 3.63) is 64.8 Å². The summed E-state index contributed by atoms with van der Waals surface area (Å²) in [4.78, 5) is 12.6. The number of carbonyl (C=O) groups excluding carboxylic acids is 1. The van der Waals surface area contributed by atoms with Crippen LogP contribution in [0.3, 0.4) is 0 Å². The molecule has 0 atom stereocenters. The van der Waals surface area contributed by atoms with Crippen LogP contribution < -0.4 is 5.32 Å². The lowest BCUT2D eigenvalue weighted by molar-refractivity contribution is 0.103. The summed E-state index contributed by atoms with van der Waals surface area (Å²) in [6.07, 6.45) is 0. The van der Waals surface area contributed by atoms with Gasteiger partial charge in [-0.3, -0.25) is 4.79 Å². The summed E-state index contributed by atoms with van der Waals surface area (Å²) in [7, 11) is 0. The van der Waals surface area contributed by atoms with Crippen molar-refractivity contribution in [2.24, 2.45) is 0 Å². The van der Waals surface area contributed by atoms with Crippen LogP contribution in [-0.4, -0.2) is 11.0 Å². The number of anilines is 1. The Morgan fingerprint density at radius 3 is 2.62 bits per heavy atom. The second-order valence-corrected chi connectivity index (χ2v) is 5.66. The van der Waals surface area contributed by atoms with E-state index in [-0.39, 0.29) is 18.3 Å². The predicted octanol–water partition coefficient (Wildman–Crippen LogP) is 3.79. The molecule has 0 aliphatic carbocycles. The van der Waals surface area contributed by atoms with E-state index in [9.17, 15) is 9.18 Å². The average molecular weight is 301 g/mol. The maximum atomic E-state index is 13.6. The van der Waals surface area contributed by atoms with Crippen molar-refractivity contribution in [3.8, 4) is 0 Å². The average Bonchev–Trinajstić information content (AvgIpc) is 2.94. The first kappa shape index (κ1) is 13.7. The van der Waals surface area contributed by atoms with E-state index >= 15 is 0 Å². The largest absolute Gasteiger partial charge is 0.392 e. The Balaban J connectivity index is 1.84. The van der Waals surface area contributed by atoms with Gasteiger partial charge in [0.15, 0.2) is 0 Å². The van der Waals surface area contributed by atoms with Gasteiger partial charge in [0, 0.05) is 15.8 Å². The Morgan fingerprint density at radius 2 is 1.95 bits per heavy atom. The highest BCUT2D eigenvalue weighted by atomic mass is 32.1. The summed E-state index contributed by atoms with van der Waals surface area (Å²) in [5.74, 6) is -0.595. The molecule has 2 N–H and O–H groups in total. The summed E-state index contributed by atoms with van der Waals surface area (Å²) in [6, 6.07) is 13.3. The maximum Gasteiger partial charge on any atom is 0.265 e. The van der Waals surface area contributed by atoms with Gasteiger partial charge in [-0.25, -0.2) is 4.39 Å². The number of hydrogen-bond acceptors (Lipinski definition) is 3. The highest BCUT2D eigenvalue weighted by Gasteiger charge is 2.12. The van der Waals surface area contributed by atoms with Crippen molar-refractivity contribution in [2.75, 3.05) is 5.32 Å². The van der Waals surface area contributed by atoms with E-state index in [2.05, 4.69) is 5.32 Å². The fourth-order valence-electron chi connectivity index (χ4n) is 2.02. The van der Waals surface area contributed by atoms with Crippen molar-refractivity contribution < 1.29 is 14.3 Å². The second kappa shape index (κ2) is 5.63. The molecular weight excluding hydrogens is 289 g/mol. The molecule has 3 nitrogen and oxygen atoms in total. The van der Waals surface area contributed by atoms with Crippen LogP contribution in [0.1, 0.15) is 15.2 Å². The smallest absolute Gasteiger partial charge is 0.265 e. The molecule has 1 aromatic heterocycles. The van der Waals surface area contributed by atoms with E-state index < -0.39 is 0 Å². The van der Waals surface area contributed by atoms with Gasteiger partial charge in [0.2, 0.25) is 0 Å². The number of rotatable bonds is 3. The summed E-state index contributed by atoms with van der Waals surface area (Å²) in [6.45, 7) is -0.0379. The van der Waals surface area contributed by atoms with Crippen LogP contribution in [0.4, 0.5) is 10.1 Å². The molecule has 1 amide bonds. The Kier molecular flexibility index (Phi) is 3.68. The van der Waals surface area contributed by atoms with Crippen LogP contribution in [0.2, 0.25) is 0 Å². The van der Waals surface area contributed by atoms with Gasteiger partial charge in [0.05, 0.1) is 11.5 Å². The lowest BCUT2D eigenvalue weighted by Gasteiger charge is -2.04. The molecule has 1 heterocycles. The minimum Gasteiger partial charge on any atom is -0.392 e. The first-order chi connectivity index (χ1) is 10.2. The molecular formula is C16H12FNO2S. The van der Waals surface area contributed by atoms with E-state index in [0.717, 1.165) is 10.3 Å². The number of thiophene rings is 1. The van der Waals surface area contributed by atoms with Crippen molar-refractivity contribution in [2.45, 2.75) is 6.61 Å². The Bertz CT molecular complexity index is 796. The molecule has 0 saturated carbocycles. The number of fused-ring (bicyclic) bond motifs is 1. The lowest BCUT2D eigenvalue weighted by Crippen LogP contribution is -2.09. The van der Waals surface area contributed by atoms with Gasteiger partial charge in [0.1, 0.15) is 5.82 Å². The topological polar surface area (TPSA) is 49.3 Å². The Morgan fingerprint density at radius 1 is 1.19 bits per heavy atom. The standard InChI is InChI=1S/C16H12FNO2S/c17-13-2-1-3-14-12(13)8-15(21-14)16(20)18-11-6-4-10(9-19)5-7-11/h1-8,19H,9H2,(H,18,20). The van der Waals surface area contributed by atoms with Crippen molar-refractivity contribution >= 4 is 33.0 Å². The minimum atomic E-state index is -0.324. The van der Waals surface area contributed by atoms with Crippen LogP contribution in [0, 0.1) is 5.82 Å². The Labute approximate surface area is 124 Å². The third kappa shape index (κ3) is 2.79. The first-order valence-corrected chi connectivity index (χ1v) is 7.18. The summed E-state index contributed by atoms with van der Waals surface area (Å²) >= 11 is 1.25. The number of benzene rings is 2. The number of hydrogen-bond donors (Lipinski definition) is 2. The normalized spacial score (nSPS) is 10.8. The third-order valence-corrected chi connectivity index (χ3v) is 4.23. The molecule has 0 saturated heterocycles. The van der Waals surface area contributed by atoms with Crippen LogP contribution in [0.15, 0.2) is 48.5 Å². The van der Waals surface area contributed by atoms with Crippen LogP contribution in [0.25, 0.3) is 10.1 Å². The van der Waals surface area contributed by atoms with E-state index in [1.807, 2.05) is 0 Å². The van der Waals surface area contributed by atoms with E-state index in [1.54, 1.807) is 42.5 Å². The zero-order chi connectivity index (χ0) is 14.8. The van der Waals surface area contributed by atoms with Gasteiger partial charge in [-0.15, -0.1) is 11.3 Å². The maximum absolute atomic E-state index is 13.6. The van der Waals surface area contributed by atoms with Gasteiger partial charge in [-0.05, 0) is 35.9 Å². The number of aliphatic hydroxyl groups is 1. The summed E-state index contributed by atoms with van der Waals surface area (Å²) < 4.78 is 14.4. The second-order valence-electron chi connectivity index (χ2n) is 4.57. The highest BCUT2D eigenvalue weighted by molar-refractivity contribution is 7.20. The van der Waals surface area contributed by atoms with Crippen LogP contribution in [0.5, 0.6) is 0 Å². The fraction of sp³-hybridized carbons (Fsp3) is 0.0625. The number of nitrogens with one attached hydrogen (secondary N) is 1. The van der Waals surface area contributed by atoms with Crippen LogP contribution >= 0.6 is 11.3 Å². The molecule has 5 heteroatoms. The molecule has 106 valence electrons. The zero-order valence-corrected chi connectivity index (χ0v) is 11.8. The number of carbonyl (C=O) groups is 1. The third-order valence-electron chi connectivity index (χ3n) is 3.13. The SMILES string of the molecule is O=C(Nc1ccc(CO)cc1)c1cc2c(F)cccc2s1. The molecule has 21 heavy (non-hydrogen) atoms. The van der Waals surface area contributed by atoms with E-state index in [4.69, 9.17) is 5.11 Å². The zero-order valence-electron chi connectivity index (χ0n) is 11.0.